The van der Waals surface area contributed by atoms with Crippen molar-refractivity contribution in [1.82, 2.24) is 0 Å². The second-order valence-corrected chi connectivity index (χ2v) is 19.9. The lowest BCUT2D eigenvalue weighted by molar-refractivity contribution is -0.383. The molecule has 0 aromatic rings. The van der Waals surface area contributed by atoms with Gasteiger partial charge >= 0.3 is 17.9 Å². The van der Waals surface area contributed by atoms with E-state index in [1.807, 2.05) is 0 Å². The van der Waals surface area contributed by atoms with Crippen LogP contribution < -0.4 is 0 Å². The van der Waals surface area contributed by atoms with Crippen molar-refractivity contribution >= 4 is 17.9 Å². The van der Waals surface area contributed by atoms with Crippen LogP contribution in [0.4, 0.5) is 0 Å². The Morgan fingerprint density at radius 3 is 1.71 bits per heavy atom. The lowest BCUT2D eigenvalue weighted by atomic mass is 9.95. The van der Waals surface area contributed by atoms with Crippen molar-refractivity contribution in [3.05, 3.63) is 0 Å². The van der Waals surface area contributed by atoms with Gasteiger partial charge in [-0.15, -0.1) is 0 Å². The Morgan fingerprint density at radius 2 is 1.07 bits per heavy atom. The first-order valence-electron chi connectivity index (χ1n) is 25.2. The van der Waals surface area contributed by atoms with Gasteiger partial charge < -0.3 is 82.7 Å². The summed E-state index contributed by atoms with van der Waals surface area (Å²) in [6, 6.07) is 0. The number of rotatable bonds is 12. The van der Waals surface area contributed by atoms with E-state index in [1.165, 1.54) is 13.8 Å². The summed E-state index contributed by atoms with van der Waals surface area (Å²) >= 11 is 0. The maximum Gasteiger partial charge on any atom is 0.308 e. The summed E-state index contributed by atoms with van der Waals surface area (Å²) in [6.45, 7) is 14.8. The number of aliphatic hydroxyl groups is 6. The van der Waals surface area contributed by atoms with Crippen molar-refractivity contribution in [3.8, 4) is 0 Å². The maximum atomic E-state index is 13.5. The van der Waals surface area contributed by atoms with Gasteiger partial charge in [-0.2, -0.15) is 0 Å². The molecule has 394 valence electrons. The molecule has 21 atom stereocenters. The summed E-state index contributed by atoms with van der Waals surface area (Å²) in [7, 11) is 0. The third-order valence-electron chi connectivity index (χ3n) is 13.5. The maximum absolute atomic E-state index is 13.5. The van der Waals surface area contributed by atoms with Gasteiger partial charge in [-0.25, -0.2) is 0 Å². The molecule has 6 fully saturated rings. The lowest BCUT2D eigenvalue weighted by Crippen LogP contribution is -2.67. The lowest BCUT2D eigenvalue weighted by Gasteiger charge is -2.49. The first-order chi connectivity index (χ1) is 32.2. The molecule has 0 unspecified atom stereocenters. The summed E-state index contributed by atoms with van der Waals surface area (Å²) in [4.78, 5) is 39.1. The topological polar surface area (TPSA) is 274 Å². The Bertz CT molecular complexity index is 1550. The van der Waals surface area contributed by atoms with Crippen molar-refractivity contribution in [2.24, 2.45) is 11.8 Å². The Hall–Kier alpha value is -2.15. The molecular formula is C48H82O20. The second-order valence-electron chi connectivity index (χ2n) is 19.9. The highest BCUT2D eigenvalue weighted by atomic mass is 16.8. The molecule has 0 radical (unpaired) electrons. The normalized spacial score (nSPS) is 42.8. The molecule has 20 nitrogen and oxygen atoms in total. The number of carbonyl (C=O) groups is 3. The van der Waals surface area contributed by atoms with E-state index in [0.717, 1.165) is 70.6 Å². The third kappa shape index (κ3) is 14.7. The minimum atomic E-state index is -1.81. The molecule has 0 aromatic heterocycles. The molecule has 0 aliphatic carbocycles. The number of fused-ring (bicyclic) bond motifs is 14. The van der Waals surface area contributed by atoms with Gasteiger partial charge in [0.2, 0.25) is 0 Å². The van der Waals surface area contributed by atoms with Crippen LogP contribution in [0.1, 0.15) is 146 Å². The summed E-state index contributed by atoms with van der Waals surface area (Å²) in [6.07, 6.45) is -17.5. The quantitative estimate of drug-likeness (QED) is 0.0932. The van der Waals surface area contributed by atoms with Crippen LogP contribution in [-0.2, 0) is 66.5 Å². The summed E-state index contributed by atoms with van der Waals surface area (Å²) in [5, 5.41) is 68.9. The number of carbonyl (C=O) groups excluding carboxylic acids is 3. The van der Waals surface area contributed by atoms with Gasteiger partial charge in [0.1, 0.15) is 54.9 Å². The zero-order chi connectivity index (χ0) is 50.0. The average Bonchev–Trinajstić information content (AvgIpc) is 3.28. The molecule has 6 rings (SSSR count). The van der Waals surface area contributed by atoms with Gasteiger partial charge in [-0.3, -0.25) is 14.4 Å². The van der Waals surface area contributed by atoms with E-state index in [2.05, 4.69) is 6.92 Å². The smallest absolute Gasteiger partial charge is 0.308 e. The number of aliphatic hydroxyl groups excluding tert-OH is 6. The highest BCUT2D eigenvalue weighted by molar-refractivity contribution is 5.72. The van der Waals surface area contributed by atoms with Crippen LogP contribution in [0, 0.1) is 11.8 Å². The highest BCUT2D eigenvalue weighted by Crippen LogP contribution is 2.37. The Kier molecular flexibility index (Phi) is 22.1. The third-order valence-corrected chi connectivity index (χ3v) is 13.5. The zero-order valence-corrected chi connectivity index (χ0v) is 41.4. The van der Waals surface area contributed by atoms with E-state index in [9.17, 15) is 45.0 Å². The van der Waals surface area contributed by atoms with Crippen LogP contribution in [0.15, 0.2) is 0 Å². The fraction of sp³-hybridized carbons (Fsp3) is 0.938. The molecule has 0 aromatic carbocycles. The number of ether oxygens (including phenoxy) is 11. The van der Waals surface area contributed by atoms with Crippen LogP contribution in [0.25, 0.3) is 0 Å². The number of esters is 3. The molecule has 6 heterocycles. The van der Waals surface area contributed by atoms with Crippen molar-refractivity contribution in [3.63, 3.8) is 0 Å². The molecule has 6 aliphatic heterocycles. The number of hydrogen-bond donors (Lipinski definition) is 6. The van der Waals surface area contributed by atoms with Gasteiger partial charge in [-0.05, 0) is 47.0 Å². The van der Waals surface area contributed by atoms with E-state index in [-0.39, 0.29) is 12.5 Å². The minimum Gasteiger partial charge on any atom is -0.457 e. The van der Waals surface area contributed by atoms with E-state index in [4.69, 9.17) is 52.1 Å². The van der Waals surface area contributed by atoms with Crippen molar-refractivity contribution in [2.45, 2.75) is 275 Å². The number of unbranched alkanes of at least 4 members (excludes halogenated alkanes) is 2. The van der Waals surface area contributed by atoms with Crippen LogP contribution in [0.5, 0.6) is 0 Å². The summed E-state index contributed by atoms with van der Waals surface area (Å²) in [5.41, 5.74) is 0. The van der Waals surface area contributed by atoms with Gasteiger partial charge in [0, 0.05) is 6.42 Å². The number of hydrogen-bond acceptors (Lipinski definition) is 20. The highest BCUT2D eigenvalue weighted by Gasteiger charge is 2.56. The van der Waals surface area contributed by atoms with E-state index >= 15 is 0 Å². The van der Waals surface area contributed by atoms with E-state index in [1.54, 1.807) is 41.5 Å². The predicted molar refractivity (Wildman–Crippen MR) is 238 cm³/mol. The Balaban J connectivity index is 1.36. The minimum absolute atomic E-state index is 0.0302. The zero-order valence-electron chi connectivity index (χ0n) is 41.4. The molecular weight excluding hydrogens is 897 g/mol. The van der Waals surface area contributed by atoms with Gasteiger partial charge in [-0.1, -0.05) is 92.4 Å². The molecule has 68 heavy (non-hydrogen) atoms. The molecule has 0 spiro atoms. The molecule has 4 bridgehead atoms. The predicted octanol–water partition coefficient (Wildman–Crippen LogP) is 2.82. The van der Waals surface area contributed by atoms with Gasteiger partial charge in [0.15, 0.2) is 43.5 Å². The van der Waals surface area contributed by atoms with Crippen LogP contribution >= 0.6 is 0 Å². The molecule has 6 aliphatic rings. The van der Waals surface area contributed by atoms with E-state index < -0.39 is 153 Å². The standard InChI is InChI=1S/C48H82O20/c1-10-11-17-20-29-21-18-15-13-12-14-16-19-22-30(49)63-41-35(54)47(66-38-26(7)58-45(62-29)33(52)32(38)51)60-27(8)39(41)68-48-36(55)42(65-44(57)24(4)5)40(28(9)61-48)67-46-34(53)31(50)37(25(6)59-46)64-43(56)23(2)3/h23-29,31-42,45-48,50-55H,10-22H2,1-9H3/t25-,26-,27-,28-,29+,31-,32-,33+,34+,35+,36+,37-,38-,39-,40-,41-,42-,45-,46-,47-,48-/m0/s1. The first kappa shape index (κ1) is 56.8. The summed E-state index contributed by atoms with van der Waals surface area (Å²) < 4.78 is 66.6. The van der Waals surface area contributed by atoms with Crippen molar-refractivity contribution in [2.75, 3.05) is 0 Å². The van der Waals surface area contributed by atoms with Gasteiger partial charge in [0.25, 0.3) is 0 Å². The molecule has 6 N–H and O–H groups in total. The van der Waals surface area contributed by atoms with E-state index in [0.29, 0.717) is 6.42 Å². The molecule has 0 amide bonds. The van der Waals surface area contributed by atoms with Gasteiger partial charge in [0.05, 0.1) is 42.4 Å². The largest absolute Gasteiger partial charge is 0.457 e. The van der Waals surface area contributed by atoms with Crippen LogP contribution in [0.2, 0.25) is 0 Å². The first-order valence-corrected chi connectivity index (χ1v) is 25.2. The van der Waals surface area contributed by atoms with Crippen LogP contribution in [0.3, 0.4) is 0 Å². The summed E-state index contributed by atoms with van der Waals surface area (Å²) in [5.74, 6) is -3.16. The Labute approximate surface area is 400 Å². The molecule has 0 saturated carbocycles. The molecule has 20 heteroatoms. The van der Waals surface area contributed by atoms with Crippen LogP contribution in [-0.4, -0.2) is 177 Å². The van der Waals surface area contributed by atoms with Crippen molar-refractivity contribution in [1.29, 1.82) is 0 Å². The average molecular weight is 979 g/mol. The Morgan fingerprint density at radius 1 is 0.544 bits per heavy atom. The fourth-order valence-corrected chi connectivity index (χ4v) is 9.27. The monoisotopic (exact) mass is 979 g/mol. The second kappa shape index (κ2) is 26.5. The fourth-order valence-electron chi connectivity index (χ4n) is 9.27. The SMILES string of the molecule is CCCCC[C@@H]1CCCCCCCCCC(=O)O[C@H]2[C@@H](O)[C@H](O[C@@H]3[C@@H](O)[C@@H](O)[C@H](O1)O[C@H]3C)O[C@@H](C)[C@@H]2O[C@@H]1O[C@@H](C)[C@H](O[C@@H]2O[C@@H](C)[C@H](OC(=O)C(C)C)[C@@H](O)[C@H]2O)[C@@H](OC(=O)C(C)C)[C@H]1O. The van der Waals surface area contributed by atoms with Crippen molar-refractivity contribution < 1.29 is 97.1 Å². The molecule has 6 saturated heterocycles.